The van der Waals surface area contributed by atoms with Gasteiger partial charge in [-0.25, -0.2) is 9.37 Å². The molecule has 0 spiro atoms. The predicted molar refractivity (Wildman–Crippen MR) is 116 cm³/mol. The van der Waals surface area contributed by atoms with Gasteiger partial charge < -0.3 is 15.0 Å². The zero-order valence-electron chi connectivity index (χ0n) is 18.2. The summed E-state index contributed by atoms with van der Waals surface area (Å²) in [5.41, 5.74) is 2.95. The zero-order valence-corrected chi connectivity index (χ0v) is 18.2. The molecule has 2 aliphatic rings. The van der Waals surface area contributed by atoms with Crippen LogP contribution in [-0.2, 0) is 11.4 Å². The summed E-state index contributed by atoms with van der Waals surface area (Å²) in [7, 11) is 0. The summed E-state index contributed by atoms with van der Waals surface area (Å²) in [6.07, 6.45) is -0.767. The molecule has 3 heterocycles. The number of pyridine rings is 1. The van der Waals surface area contributed by atoms with Crippen molar-refractivity contribution < 1.29 is 18.3 Å². The number of carbonyl (C=O) groups excluding carboxylic acids is 1. The van der Waals surface area contributed by atoms with Crippen LogP contribution in [0.4, 0.5) is 14.5 Å². The number of alkyl halides is 2. The van der Waals surface area contributed by atoms with Crippen LogP contribution < -0.4 is 15.0 Å². The van der Waals surface area contributed by atoms with Gasteiger partial charge in [0.05, 0.1) is 25.2 Å². The normalized spacial score (nSPS) is 24.6. The molecule has 1 N–H and O–H groups in total. The van der Waals surface area contributed by atoms with Crippen molar-refractivity contribution in [2.45, 2.75) is 39.5 Å². The molecule has 1 amide bonds. The van der Waals surface area contributed by atoms with E-state index in [2.05, 4.69) is 10.3 Å². The highest BCUT2D eigenvalue weighted by Gasteiger charge is 2.50. The number of amides is 1. The van der Waals surface area contributed by atoms with Crippen LogP contribution in [-0.4, -0.2) is 43.4 Å². The molecule has 0 bridgehead atoms. The Labute approximate surface area is 181 Å². The van der Waals surface area contributed by atoms with Crippen LogP contribution in [0.2, 0.25) is 0 Å². The molecule has 4 rings (SSSR count). The highest BCUT2D eigenvalue weighted by Crippen LogP contribution is 2.45. The number of aromatic nitrogens is 1. The van der Waals surface area contributed by atoms with Crippen LogP contribution >= 0.6 is 0 Å². The number of benzene rings is 1. The standard InChI is InChI=1S/C24H29F2N3O2/c1-15-8-21(29-12-20(26)13-29)9-22(28-15)31-14-17-4-6-18(7-5-17)16(2)24(3)19(10-25)11-27-23(24)30/h4-9,16,19-20H,10-14H2,1-3H3,(H,27,30)/t16-,19+,24-/m1/s1. The van der Waals surface area contributed by atoms with E-state index in [9.17, 15) is 13.6 Å². The Morgan fingerprint density at radius 2 is 2.00 bits per heavy atom. The highest BCUT2D eigenvalue weighted by atomic mass is 19.1. The van der Waals surface area contributed by atoms with Gasteiger partial charge in [-0.1, -0.05) is 31.2 Å². The number of halogens is 2. The maximum atomic E-state index is 13.5. The van der Waals surface area contributed by atoms with Crippen molar-refractivity contribution in [1.29, 1.82) is 0 Å². The van der Waals surface area contributed by atoms with Crippen molar-refractivity contribution in [1.82, 2.24) is 10.3 Å². The van der Waals surface area contributed by atoms with Gasteiger partial charge in [-0.05, 0) is 37.0 Å². The third-order valence-corrected chi connectivity index (χ3v) is 6.92. The highest BCUT2D eigenvalue weighted by molar-refractivity contribution is 5.86. The molecule has 2 aliphatic heterocycles. The molecule has 3 atom stereocenters. The lowest BCUT2D eigenvalue weighted by Gasteiger charge is -2.36. The van der Waals surface area contributed by atoms with Gasteiger partial charge in [0.2, 0.25) is 11.8 Å². The van der Waals surface area contributed by atoms with E-state index in [1.165, 1.54) is 0 Å². The lowest BCUT2D eigenvalue weighted by atomic mass is 9.68. The van der Waals surface area contributed by atoms with Crippen LogP contribution in [0.25, 0.3) is 0 Å². The van der Waals surface area contributed by atoms with Gasteiger partial charge in [0.15, 0.2) is 0 Å². The van der Waals surface area contributed by atoms with Gasteiger partial charge in [-0.2, -0.15) is 0 Å². The average molecular weight is 430 g/mol. The molecule has 31 heavy (non-hydrogen) atoms. The van der Waals surface area contributed by atoms with E-state index >= 15 is 0 Å². The molecule has 2 fully saturated rings. The molecule has 2 aromatic rings. The van der Waals surface area contributed by atoms with Gasteiger partial charge in [0.25, 0.3) is 0 Å². The van der Waals surface area contributed by atoms with Gasteiger partial charge in [0, 0.05) is 29.9 Å². The minimum atomic E-state index is -0.767. The third-order valence-electron chi connectivity index (χ3n) is 6.92. The van der Waals surface area contributed by atoms with Gasteiger partial charge in [-0.15, -0.1) is 0 Å². The Bertz CT molecular complexity index is 946. The second kappa shape index (κ2) is 8.44. The Hall–Kier alpha value is -2.70. The Kier molecular flexibility index (Phi) is 5.86. The number of carbonyl (C=O) groups is 1. The van der Waals surface area contributed by atoms with E-state index in [0.29, 0.717) is 32.1 Å². The number of ether oxygens (including phenoxy) is 1. The van der Waals surface area contributed by atoms with E-state index in [1.54, 1.807) is 0 Å². The summed E-state index contributed by atoms with van der Waals surface area (Å²) >= 11 is 0. The van der Waals surface area contributed by atoms with Crippen molar-refractivity contribution in [2.24, 2.45) is 11.3 Å². The van der Waals surface area contributed by atoms with Crippen molar-refractivity contribution in [3.63, 3.8) is 0 Å². The van der Waals surface area contributed by atoms with E-state index < -0.39 is 18.3 Å². The van der Waals surface area contributed by atoms with Crippen LogP contribution in [0.15, 0.2) is 36.4 Å². The first-order chi connectivity index (χ1) is 14.8. The summed E-state index contributed by atoms with van der Waals surface area (Å²) < 4.78 is 32.5. The third kappa shape index (κ3) is 4.10. The van der Waals surface area contributed by atoms with Crippen LogP contribution in [0.5, 0.6) is 5.88 Å². The summed E-state index contributed by atoms with van der Waals surface area (Å²) in [5.74, 6) is -0.00500. The summed E-state index contributed by atoms with van der Waals surface area (Å²) in [6, 6.07) is 11.7. The number of anilines is 1. The molecule has 0 radical (unpaired) electrons. The topological polar surface area (TPSA) is 54.5 Å². The fourth-order valence-electron chi connectivity index (χ4n) is 4.49. The second-order valence-corrected chi connectivity index (χ2v) is 8.90. The van der Waals surface area contributed by atoms with Gasteiger partial charge in [-0.3, -0.25) is 9.18 Å². The number of hydrogen-bond donors (Lipinski definition) is 1. The molecule has 2 saturated heterocycles. The van der Waals surface area contributed by atoms with Crippen molar-refractivity contribution in [3.05, 3.63) is 53.2 Å². The second-order valence-electron chi connectivity index (χ2n) is 8.90. The quantitative estimate of drug-likeness (QED) is 0.724. The van der Waals surface area contributed by atoms with Crippen molar-refractivity contribution in [2.75, 3.05) is 31.2 Å². The number of hydrogen-bond acceptors (Lipinski definition) is 4. The average Bonchev–Trinajstić information content (AvgIpc) is 3.04. The first-order valence-electron chi connectivity index (χ1n) is 10.7. The minimum absolute atomic E-state index is 0.0855. The van der Waals surface area contributed by atoms with Gasteiger partial charge in [0.1, 0.15) is 12.8 Å². The van der Waals surface area contributed by atoms with Crippen molar-refractivity contribution >= 4 is 11.6 Å². The monoisotopic (exact) mass is 429 g/mol. The Morgan fingerprint density at radius 3 is 2.65 bits per heavy atom. The molecular formula is C24H29F2N3O2. The largest absolute Gasteiger partial charge is 0.473 e. The molecule has 0 aliphatic carbocycles. The Morgan fingerprint density at radius 1 is 1.29 bits per heavy atom. The van der Waals surface area contributed by atoms with Crippen molar-refractivity contribution in [3.8, 4) is 5.88 Å². The number of nitrogens with zero attached hydrogens (tertiary/aromatic N) is 2. The molecule has 1 aromatic carbocycles. The number of rotatable bonds is 7. The summed E-state index contributed by atoms with van der Waals surface area (Å²) in [4.78, 5) is 18.8. The van der Waals surface area contributed by atoms with E-state index in [1.807, 2.05) is 62.1 Å². The number of aryl methyl sites for hydroxylation is 1. The lowest BCUT2D eigenvalue weighted by molar-refractivity contribution is -0.129. The molecule has 7 heteroatoms. The Balaban J connectivity index is 1.42. The fourth-order valence-corrected chi connectivity index (χ4v) is 4.49. The summed E-state index contributed by atoms with van der Waals surface area (Å²) in [6.45, 7) is 6.76. The fraction of sp³-hybridized carbons (Fsp3) is 0.500. The first-order valence-corrected chi connectivity index (χ1v) is 10.7. The van der Waals surface area contributed by atoms with Gasteiger partial charge >= 0.3 is 0 Å². The molecule has 1 aromatic heterocycles. The van der Waals surface area contributed by atoms with E-state index in [0.717, 1.165) is 22.5 Å². The van der Waals surface area contributed by atoms with E-state index in [-0.39, 0.29) is 17.7 Å². The van der Waals surface area contributed by atoms with Crippen LogP contribution in [0, 0.1) is 18.3 Å². The predicted octanol–water partition coefficient (Wildman–Crippen LogP) is 3.95. The summed E-state index contributed by atoms with van der Waals surface area (Å²) in [5, 5.41) is 2.81. The van der Waals surface area contributed by atoms with Crippen LogP contribution in [0.3, 0.4) is 0 Å². The molecule has 166 valence electrons. The maximum Gasteiger partial charge on any atom is 0.227 e. The SMILES string of the molecule is Cc1cc(N2CC(F)C2)cc(OCc2ccc([C@@H](C)[C@@]3(C)C(=O)NC[C@@H]3CF)cc2)n1. The zero-order chi connectivity index (χ0) is 22.2. The molecular weight excluding hydrogens is 400 g/mol. The smallest absolute Gasteiger partial charge is 0.227 e. The molecule has 0 saturated carbocycles. The maximum absolute atomic E-state index is 13.5. The van der Waals surface area contributed by atoms with E-state index in [4.69, 9.17) is 4.74 Å². The first kappa shape index (κ1) is 21.5. The molecule has 5 nitrogen and oxygen atoms in total. The lowest BCUT2D eigenvalue weighted by Crippen LogP contribution is -2.48. The van der Waals surface area contributed by atoms with Crippen LogP contribution in [0.1, 0.15) is 36.6 Å². The minimum Gasteiger partial charge on any atom is -0.473 e. The number of nitrogens with one attached hydrogen (secondary N) is 1. The molecule has 0 unspecified atom stereocenters.